The zero-order valence-electron chi connectivity index (χ0n) is 14.8. The molecule has 0 bridgehead atoms. The van der Waals surface area contributed by atoms with Crippen LogP contribution in [0, 0.1) is 0 Å². The zero-order valence-corrected chi connectivity index (χ0v) is 15.7. The minimum atomic E-state index is -3.43. The van der Waals surface area contributed by atoms with Crippen molar-refractivity contribution < 1.29 is 32.6 Å². The summed E-state index contributed by atoms with van der Waals surface area (Å²) in [5.74, 6) is 1.02. The third-order valence-electron chi connectivity index (χ3n) is 2.89. The van der Waals surface area contributed by atoms with Crippen LogP contribution in [-0.4, -0.2) is 53.9 Å². The summed E-state index contributed by atoms with van der Waals surface area (Å²) in [4.78, 5) is 0. The smallest absolute Gasteiger partial charge is 0.361 e. The molecule has 24 heavy (non-hydrogen) atoms. The van der Waals surface area contributed by atoms with E-state index in [-0.39, 0.29) is 13.2 Å². The summed E-state index contributed by atoms with van der Waals surface area (Å²) in [6.45, 7) is 5.69. The molecule has 0 aromatic heterocycles. The summed E-state index contributed by atoms with van der Waals surface area (Å²) in [6.07, 6.45) is 0. The van der Waals surface area contributed by atoms with E-state index in [1.54, 1.807) is 46.3 Å². The van der Waals surface area contributed by atoms with Crippen LogP contribution in [0.3, 0.4) is 0 Å². The summed E-state index contributed by atoms with van der Waals surface area (Å²) in [5, 5.41) is 0.397. The predicted molar refractivity (Wildman–Crippen MR) is 91.7 cm³/mol. The van der Waals surface area contributed by atoms with Crippen LogP contribution in [0.1, 0.15) is 13.8 Å². The van der Waals surface area contributed by atoms with Gasteiger partial charge < -0.3 is 28.0 Å². The summed E-state index contributed by atoms with van der Waals surface area (Å²) in [6, 6.07) is 5.01. The highest BCUT2D eigenvalue weighted by Gasteiger charge is 2.28. The third-order valence-corrected chi connectivity index (χ3v) is 4.98. The Morgan fingerprint density at radius 2 is 1.25 bits per heavy atom. The van der Waals surface area contributed by atoms with Crippen LogP contribution < -0.4 is 14.8 Å². The fraction of sp³-hybridized carbons (Fsp3) is 0.625. The van der Waals surface area contributed by atoms with E-state index in [0.717, 1.165) is 0 Å². The monoisotopic (exact) mass is 362 g/mol. The molecular formula is C16H27O7P. The lowest BCUT2D eigenvalue weighted by atomic mass is 10.3. The van der Waals surface area contributed by atoms with Crippen LogP contribution in [0.25, 0.3) is 0 Å². The number of hydrogen-bond donors (Lipinski definition) is 0. The lowest BCUT2D eigenvalue weighted by Crippen LogP contribution is -2.14. The summed E-state index contributed by atoms with van der Waals surface area (Å²) in [5.41, 5.74) is 0. The van der Waals surface area contributed by atoms with Gasteiger partial charge in [0.15, 0.2) is 0 Å². The SMILES string of the molecule is CCOP(=O)(OCC)c1cc(OCCOC)cc(OCCOC)c1. The van der Waals surface area contributed by atoms with Crippen molar-refractivity contribution in [1.29, 1.82) is 0 Å². The van der Waals surface area contributed by atoms with Gasteiger partial charge in [0, 0.05) is 20.3 Å². The standard InChI is InChI=1S/C16H27O7P/c1-5-22-24(17,23-6-2)16-12-14(20-9-7-18-3)11-15(13-16)21-10-8-19-4/h11-13H,5-10H2,1-4H3. The van der Waals surface area contributed by atoms with Crippen LogP contribution in [0.5, 0.6) is 11.5 Å². The first-order chi connectivity index (χ1) is 11.6. The van der Waals surface area contributed by atoms with Gasteiger partial charge in [-0.15, -0.1) is 0 Å². The Morgan fingerprint density at radius 3 is 1.62 bits per heavy atom. The highest BCUT2D eigenvalue weighted by molar-refractivity contribution is 7.62. The van der Waals surface area contributed by atoms with Gasteiger partial charge in [0.05, 0.1) is 31.7 Å². The van der Waals surface area contributed by atoms with Gasteiger partial charge in [-0.3, -0.25) is 4.57 Å². The summed E-state index contributed by atoms with van der Waals surface area (Å²) in [7, 11) is -0.237. The maximum atomic E-state index is 13.0. The van der Waals surface area contributed by atoms with E-state index in [9.17, 15) is 4.57 Å². The van der Waals surface area contributed by atoms with Crippen LogP contribution in [0.15, 0.2) is 18.2 Å². The molecule has 1 aromatic rings. The van der Waals surface area contributed by atoms with Gasteiger partial charge in [-0.1, -0.05) is 0 Å². The van der Waals surface area contributed by atoms with Gasteiger partial charge in [0.1, 0.15) is 24.7 Å². The molecule has 1 aromatic carbocycles. The minimum absolute atomic E-state index is 0.270. The number of methoxy groups -OCH3 is 2. The van der Waals surface area contributed by atoms with Crippen molar-refractivity contribution in [3.8, 4) is 11.5 Å². The molecule has 0 N–H and O–H groups in total. The topological polar surface area (TPSA) is 72.5 Å². The van der Waals surface area contributed by atoms with E-state index >= 15 is 0 Å². The first-order valence-electron chi connectivity index (χ1n) is 7.87. The van der Waals surface area contributed by atoms with Gasteiger partial charge in [-0.2, -0.15) is 0 Å². The van der Waals surface area contributed by atoms with E-state index in [1.807, 2.05) is 0 Å². The average Bonchev–Trinajstić information content (AvgIpc) is 2.56. The molecule has 0 heterocycles. The van der Waals surface area contributed by atoms with Crippen LogP contribution in [0.2, 0.25) is 0 Å². The second-order valence-electron chi connectivity index (χ2n) is 4.68. The highest BCUT2D eigenvalue weighted by Crippen LogP contribution is 2.48. The van der Waals surface area contributed by atoms with Gasteiger partial charge in [0.25, 0.3) is 0 Å². The lowest BCUT2D eigenvalue weighted by molar-refractivity contribution is 0.142. The molecule has 138 valence electrons. The molecule has 0 atom stereocenters. The molecule has 0 unspecified atom stereocenters. The fourth-order valence-electron chi connectivity index (χ4n) is 1.89. The number of ether oxygens (including phenoxy) is 4. The molecule has 7 nitrogen and oxygen atoms in total. The molecule has 0 fully saturated rings. The van der Waals surface area contributed by atoms with Crippen molar-refractivity contribution in [1.82, 2.24) is 0 Å². The Morgan fingerprint density at radius 1 is 0.792 bits per heavy atom. The maximum absolute atomic E-state index is 13.0. The fourth-order valence-corrected chi connectivity index (χ4v) is 3.52. The van der Waals surface area contributed by atoms with Crippen molar-refractivity contribution in [3.05, 3.63) is 18.2 Å². The second kappa shape index (κ2) is 11.4. The number of benzene rings is 1. The molecule has 0 radical (unpaired) electrons. The normalized spacial score (nSPS) is 11.5. The molecule has 0 aliphatic carbocycles. The zero-order chi connectivity index (χ0) is 17.8. The van der Waals surface area contributed by atoms with E-state index in [2.05, 4.69) is 0 Å². The van der Waals surface area contributed by atoms with Crippen LogP contribution in [0.4, 0.5) is 0 Å². The first-order valence-corrected chi connectivity index (χ1v) is 9.42. The molecule has 0 aliphatic rings. The van der Waals surface area contributed by atoms with E-state index in [4.69, 9.17) is 28.0 Å². The summed E-state index contributed by atoms with van der Waals surface area (Å²) >= 11 is 0. The predicted octanol–water partition coefficient (Wildman–Crippen LogP) is 2.63. The maximum Gasteiger partial charge on any atom is 0.361 e. The van der Waals surface area contributed by atoms with Gasteiger partial charge >= 0.3 is 7.60 Å². The van der Waals surface area contributed by atoms with E-state index < -0.39 is 7.60 Å². The molecule has 0 spiro atoms. The average molecular weight is 362 g/mol. The highest BCUT2D eigenvalue weighted by atomic mass is 31.2. The molecular weight excluding hydrogens is 335 g/mol. The molecule has 0 aliphatic heterocycles. The van der Waals surface area contributed by atoms with Gasteiger partial charge in [-0.05, 0) is 26.0 Å². The molecule has 0 saturated carbocycles. The van der Waals surface area contributed by atoms with Gasteiger partial charge in [-0.25, -0.2) is 0 Å². The van der Waals surface area contributed by atoms with Crippen molar-refractivity contribution >= 4 is 12.9 Å². The van der Waals surface area contributed by atoms with Crippen LogP contribution >= 0.6 is 7.60 Å². The Balaban J connectivity index is 3.07. The quantitative estimate of drug-likeness (QED) is 0.394. The Labute approximate surface area is 143 Å². The Kier molecular flexibility index (Phi) is 9.98. The molecule has 0 saturated heterocycles. The van der Waals surface area contributed by atoms with E-state index in [0.29, 0.717) is 43.2 Å². The molecule has 8 heteroatoms. The first kappa shape index (κ1) is 20.9. The van der Waals surface area contributed by atoms with Gasteiger partial charge in [0.2, 0.25) is 0 Å². The van der Waals surface area contributed by atoms with Crippen molar-refractivity contribution in [2.75, 3.05) is 53.9 Å². The second-order valence-corrected chi connectivity index (χ2v) is 6.71. The Bertz CT molecular complexity index is 483. The third kappa shape index (κ3) is 6.79. The van der Waals surface area contributed by atoms with Crippen molar-refractivity contribution in [3.63, 3.8) is 0 Å². The minimum Gasteiger partial charge on any atom is -0.491 e. The number of hydrogen-bond acceptors (Lipinski definition) is 7. The number of rotatable bonds is 13. The lowest BCUT2D eigenvalue weighted by Gasteiger charge is -2.19. The van der Waals surface area contributed by atoms with Crippen LogP contribution in [-0.2, 0) is 23.1 Å². The largest absolute Gasteiger partial charge is 0.491 e. The summed E-state index contributed by atoms with van der Waals surface area (Å²) < 4.78 is 44.9. The molecule has 0 amide bonds. The van der Waals surface area contributed by atoms with Crippen molar-refractivity contribution in [2.45, 2.75) is 13.8 Å². The van der Waals surface area contributed by atoms with E-state index in [1.165, 1.54) is 0 Å². The molecule has 1 rings (SSSR count). The van der Waals surface area contributed by atoms with Crippen molar-refractivity contribution in [2.24, 2.45) is 0 Å². The Hall–Kier alpha value is -1.11.